The van der Waals surface area contributed by atoms with E-state index in [1.807, 2.05) is 0 Å². The minimum absolute atomic E-state index is 0.739. The van der Waals surface area contributed by atoms with Gasteiger partial charge in [-0.2, -0.15) is 0 Å². The average molecular weight is 396 g/mol. The number of rotatable bonds is 12. The van der Waals surface area contributed by atoms with E-state index in [2.05, 4.69) is 59.3 Å². The van der Waals surface area contributed by atoms with Gasteiger partial charge in [0.25, 0.3) is 0 Å². The Labute approximate surface area is 149 Å². The summed E-state index contributed by atoms with van der Waals surface area (Å²) in [6.07, 6.45) is 3.52. The molecule has 0 aliphatic heterocycles. The van der Waals surface area contributed by atoms with E-state index < -0.39 is 33.8 Å². The molecule has 0 aromatic rings. The van der Waals surface area contributed by atoms with Crippen molar-refractivity contribution in [2.24, 2.45) is 5.73 Å². The lowest BCUT2D eigenvalue weighted by atomic mass is 10.4. The lowest BCUT2D eigenvalue weighted by Gasteiger charge is -2.41. The maximum atomic E-state index is 6.56. The quantitative estimate of drug-likeness (QED) is 0.472. The minimum atomic E-state index is -2.18. The number of hydrogen-bond acceptors (Lipinski definition) is 4. The second-order valence-corrected chi connectivity index (χ2v) is 24.7. The van der Waals surface area contributed by atoms with Crippen LogP contribution in [0.1, 0.15) is 26.2 Å². The second kappa shape index (κ2) is 9.42. The topological polar surface area (TPSA) is 53.7 Å². The van der Waals surface area contributed by atoms with Crippen molar-refractivity contribution in [1.82, 2.24) is 0 Å². The first-order valence-electron chi connectivity index (χ1n) is 9.05. The predicted molar refractivity (Wildman–Crippen MR) is 111 cm³/mol. The Bertz CT molecular complexity index is 318. The fourth-order valence-electron chi connectivity index (χ4n) is 3.20. The zero-order chi connectivity index (χ0) is 18.4. The van der Waals surface area contributed by atoms with E-state index >= 15 is 0 Å². The third-order valence-electron chi connectivity index (χ3n) is 3.65. The Hall–Kier alpha value is 0.708. The normalized spacial score (nSPS) is 14.3. The summed E-state index contributed by atoms with van der Waals surface area (Å²) >= 11 is 0. The van der Waals surface area contributed by atoms with Crippen LogP contribution in [0.5, 0.6) is 0 Å². The van der Waals surface area contributed by atoms with Crippen molar-refractivity contribution in [3.63, 3.8) is 0 Å². The van der Waals surface area contributed by atoms with Crippen molar-refractivity contribution >= 4 is 33.8 Å². The smallest absolute Gasteiger partial charge is 0.312 e. The van der Waals surface area contributed by atoms with Crippen LogP contribution >= 0.6 is 0 Å². The number of unbranched alkanes of at least 4 members (excludes halogenated alkanes) is 1. The molecule has 0 fully saturated rings. The van der Waals surface area contributed by atoms with Gasteiger partial charge >= 0.3 is 17.1 Å². The van der Waals surface area contributed by atoms with Gasteiger partial charge in [-0.1, -0.05) is 19.8 Å². The maximum absolute atomic E-state index is 6.56. The first-order valence-corrected chi connectivity index (χ1v) is 20.9. The van der Waals surface area contributed by atoms with Gasteiger partial charge in [-0.05, 0) is 77.4 Å². The lowest BCUT2D eigenvalue weighted by molar-refractivity contribution is 0.327. The molecule has 0 radical (unpaired) electrons. The molecule has 4 nitrogen and oxygen atoms in total. The van der Waals surface area contributed by atoms with Crippen LogP contribution in [-0.4, -0.2) is 40.3 Å². The summed E-state index contributed by atoms with van der Waals surface area (Å²) in [6.45, 7) is 20.9. The Morgan fingerprint density at radius 2 is 1.04 bits per heavy atom. The molecule has 0 spiro atoms. The molecule has 0 aromatic heterocycles. The molecule has 2 N–H and O–H groups in total. The molecule has 0 unspecified atom stereocenters. The van der Waals surface area contributed by atoms with E-state index in [1.54, 1.807) is 0 Å². The molecule has 0 aliphatic rings. The number of nitrogens with two attached hydrogens (primary N) is 1. The van der Waals surface area contributed by atoms with Gasteiger partial charge in [-0.3, -0.25) is 0 Å². The fourth-order valence-corrected chi connectivity index (χ4v) is 22.7. The van der Waals surface area contributed by atoms with Crippen LogP contribution in [0.3, 0.4) is 0 Å². The molecule has 0 heterocycles. The van der Waals surface area contributed by atoms with Gasteiger partial charge in [0.1, 0.15) is 0 Å². The first-order chi connectivity index (χ1) is 10.2. The van der Waals surface area contributed by atoms with Crippen molar-refractivity contribution in [1.29, 1.82) is 0 Å². The Balaban J connectivity index is 4.72. The van der Waals surface area contributed by atoms with Crippen LogP contribution in [0.15, 0.2) is 0 Å². The van der Waals surface area contributed by atoms with Crippen LogP contribution in [0.4, 0.5) is 0 Å². The molecular formula is C15H41NO3Si4. The fraction of sp³-hybridized carbons (Fsp3) is 1.00. The third-order valence-corrected chi connectivity index (χ3v) is 19.1. The summed E-state index contributed by atoms with van der Waals surface area (Å²) in [6, 6.07) is 2.31. The van der Waals surface area contributed by atoms with E-state index in [9.17, 15) is 0 Å². The highest BCUT2D eigenvalue weighted by atomic mass is 28.5. The minimum Gasteiger partial charge on any atom is -0.436 e. The van der Waals surface area contributed by atoms with Gasteiger partial charge < -0.3 is 18.1 Å². The van der Waals surface area contributed by atoms with Crippen molar-refractivity contribution in [3.8, 4) is 0 Å². The molecule has 0 saturated carbocycles. The maximum Gasteiger partial charge on any atom is 0.312 e. The van der Waals surface area contributed by atoms with Crippen LogP contribution in [0.25, 0.3) is 0 Å². The van der Waals surface area contributed by atoms with Crippen LogP contribution < -0.4 is 5.73 Å². The summed E-state index contributed by atoms with van der Waals surface area (Å²) in [5, 5.41) is 0. The molecule has 0 rings (SSSR count). The van der Waals surface area contributed by atoms with E-state index in [0.717, 1.165) is 19.0 Å². The highest BCUT2D eigenvalue weighted by Gasteiger charge is 2.42. The van der Waals surface area contributed by atoms with E-state index in [0.29, 0.717) is 0 Å². The SMILES string of the molecule is CCCC[Si](C)(C)O[Si](C)(C)O[Si](C)(C)O[Si](C)(C)CCCN. The molecule has 8 heteroatoms. The Morgan fingerprint density at radius 3 is 1.39 bits per heavy atom. The Morgan fingerprint density at radius 1 is 0.652 bits per heavy atom. The molecule has 0 saturated heterocycles. The summed E-state index contributed by atoms with van der Waals surface area (Å²) in [4.78, 5) is 0. The second-order valence-electron chi connectivity index (χ2n) is 8.62. The van der Waals surface area contributed by atoms with Gasteiger partial charge in [0, 0.05) is 0 Å². The van der Waals surface area contributed by atoms with Gasteiger partial charge in [0.15, 0.2) is 16.6 Å². The standard InChI is InChI=1S/C15H41NO3Si4/c1-10-11-14-20(2,3)17-22(6,7)19-23(8,9)18-21(4,5)15-12-13-16/h10-16H2,1-9H3. The van der Waals surface area contributed by atoms with Crippen LogP contribution in [0.2, 0.25) is 64.5 Å². The van der Waals surface area contributed by atoms with Crippen LogP contribution in [0, 0.1) is 0 Å². The van der Waals surface area contributed by atoms with Gasteiger partial charge in [-0.25, -0.2) is 0 Å². The van der Waals surface area contributed by atoms with Crippen molar-refractivity contribution in [2.75, 3.05) is 6.54 Å². The molecule has 0 atom stereocenters. The largest absolute Gasteiger partial charge is 0.436 e. The van der Waals surface area contributed by atoms with Gasteiger partial charge in [0.05, 0.1) is 0 Å². The van der Waals surface area contributed by atoms with Crippen LogP contribution in [-0.2, 0) is 12.3 Å². The zero-order valence-electron chi connectivity index (χ0n) is 17.0. The Kier molecular flexibility index (Phi) is 9.71. The lowest BCUT2D eigenvalue weighted by Crippen LogP contribution is -2.56. The monoisotopic (exact) mass is 395 g/mol. The molecule has 0 bridgehead atoms. The summed E-state index contributed by atoms with van der Waals surface area (Å²) < 4.78 is 19.6. The highest BCUT2D eigenvalue weighted by molar-refractivity contribution is 6.89. The average Bonchev–Trinajstić information content (AvgIpc) is 2.29. The summed E-state index contributed by atoms with van der Waals surface area (Å²) in [7, 11) is -7.68. The van der Waals surface area contributed by atoms with Gasteiger partial charge in [-0.15, -0.1) is 0 Å². The molecule has 0 amide bonds. The van der Waals surface area contributed by atoms with Crippen molar-refractivity contribution in [3.05, 3.63) is 0 Å². The molecular weight excluding hydrogens is 355 g/mol. The summed E-state index contributed by atoms with van der Waals surface area (Å²) in [5.74, 6) is 0. The van der Waals surface area contributed by atoms with Crippen molar-refractivity contribution in [2.45, 2.75) is 90.7 Å². The van der Waals surface area contributed by atoms with E-state index in [1.165, 1.54) is 18.9 Å². The molecule has 0 aliphatic carbocycles. The molecule has 23 heavy (non-hydrogen) atoms. The number of hydrogen-bond donors (Lipinski definition) is 1. The summed E-state index contributed by atoms with van der Waals surface area (Å²) in [5.41, 5.74) is 5.65. The third kappa shape index (κ3) is 11.8. The molecule has 140 valence electrons. The van der Waals surface area contributed by atoms with Gasteiger partial charge in [0.2, 0.25) is 0 Å². The zero-order valence-corrected chi connectivity index (χ0v) is 21.0. The van der Waals surface area contributed by atoms with Crippen molar-refractivity contribution < 1.29 is 12.3 Å². The van der Waals surface area contributed by atoms with E-state index in [4.69, 9.17) is 18.1 Å². The van der Waals surface area contributed by atoms with E-state index in [-0.39, 0.29) is 0 Å². The molecule has 0 aromatic carbocycles. The highest BCUT2D eigenvalue weighted by Crippen LogP contribution is 2.27. The first kappa shape index (κ1) is 23.7. The predicted octanol–water partition coefficient (Wildman–Crippen LogP) is 5.00.